The molecule has 0 radical (unpaired) electrons. The smallest absolute Gasteiger partial charge is 0.280 e. The molecule has 114 valence electrons. The fourth-order valence-electron chi connectivity index (χ4n) is 1.89. The molecule has 21 heavy (non-hydrogen) atoms. The monoisotopic (exact) mass is 305 g/mol. The Morgan fingerprint density at radius 1 is 1.19 bits per heavy atom. The van der Waals surface area contributed by atoms with Gasteiger partial charge in [0.1, 0.15) is 5.69 Å². The quantitative estimate of drug-likeness (QED) is 0.678. The second-order valence-corrected chi connectivity index (χ2v) is 4.27. The first-order valence-electron chi connectivity index (χ1n) is 6.16. The first kappa shape index (κ1) is 15.4. The Hall–Kier alpha value is -1.96. The highest BCUT2D eigenvalue weighted by Crippen LogP contribution is 2.27. The predicted molar refractivity (Wildman–Crippen MR) is 65.8 cm³/mol. The van der Waals surface area contributed by atoms with E-state index >= 15 is 0 Å². The van der Waals surface area contributed by atoms with E-state index < -0.39 is 29.6 Å². The van der Waals surface area contributed by atoms with Crippen molar-refractivity contribution in [3.63, 3.8) is 0 Å². The van der Waals surface area contributed by atoms with Crippen LogP contribution < -0.4 is 5.32 Å². The number of aromatic nitrogens is 2. The average molecular weight is 305 g/mol. The normalized spacial score (nSPS) is 11.4. The lowest BCUT2D eigenvalue weighted by atomic mass is 10.2. The molecule has 1 aromatic carbocycles. The molecule has 0 aliphatic rings. The summed E-state index contributed by atoms with van der Waals surface area (Å²) in [6.45, 7) is 2.51. The maximum atomic E-state index is 13.2. The van der Waals surface area contributed by atoms with Crippen molar-refractivity contribution < 1.29 is 22.0 Å². The molecule has 8 heteroatoms. The van der Waals surface area contributed by atoms with Crippen LogP contribution in [0, 0.1) is 17.5 Å². The van der Waals surface area contributed by atoms with Crippen molar-refractivity contribution in [3.05, 3.63) is 47.0 Å². The van der Waals surface area contributed by atoms with Gasteiger partial charge in [0.05, 0.1) is 11.9 Å². The largest absolute Gasteiger partial charge is 0.313 e. The van der Waals surface area contributed by atoms with Gasteiger partial charge in [0, 0.05) is 24.2 Å². The number of nitrogens with one attached hydrogen (secondary N) is 1. The molecule has 0 fully saturated rings. The fraction of sp³-hybridized carbons (Fsp3) is 0.308. The first-order valence-corrected chi connectivity index (χ1v) is 6.16. The van der Waals surface area contributed by atoms with Gasteiger partial charge >= 0.3 is 0 Å². The fourth-order valence-corrected chi connectivity index (χ4v) is 1.89. The van der Waals surface area contributed by atoms with Gasteiger partial charge in [-0.25, -0.2) is 26.6 Å². The van der Waals surface area contributed by atoms with Gasteiger partial charge in [0.2, 0.25) is 0 Å². The van der Waals surface area contributed by atoms with Crippen molar-refractivity contribution in [2.45, 2.75) is 19.9 Å². The third-order valence-electron chi connectivity index (χ3n) is 2.87. The molecular weight excluding hydrogens is 293 g/mol. The lowest BCUT2D eigenvalue weighted by Crippen LogP contribution is -2.14. The topological polar surface area (TPSA) is 29.9 Å². The summed E-state index contributed by atoms with van der Waals surface area (Å²) in [4.78, 5) is 0. The van der Waals surface area contributed by atoms with Crippen molar-refractivity contribution in [1.82, 2.24) is 15.1 Å². The molecule has 0 aliphatic carbocycles. The van der Waals surface area contributed by atoms with Gasteiger partial charge in [-0.2, -0.15) is 5.10 Å². The number of hydrogen-bond donors (Lipinski definition) is 1. The minimum Gasteiger partial charge on any atom is -0.313 e. The van der Waals surface area contributed by atoms with E-state index in [2.05, 4.69) is 10.4 Å². The van der Waals surface area contributed by atoms with Crippen LogP contribution in [0.15, 0.2) is 18.3 Å². The van der Waals surface area contributed by atoms with Crippen LogP contribution in [0.1, 0.15) is 24.6 Å². The van der Waals surface area contributed by atoms with Crippen LogP contribution in [0.4, 0.5) is 22.0 Å². The van der Waals surface area contributed by atoms with Gasteiger partial charge in [0.25, 0.3) is 6.43 Å². The van der Waals surface area contributed by atoms with Gasteiger partial charge in [-0.05, 0) is 6.54 Å². The molecule has 0 unspecified atom stereocenters. The van der Waals surface area contributed by atoms with Crippen LogP contribution in [0.25, 0.3) is 5.69 Å². The minimum atomic E-state index is -2.89. The highest BCUT2D eigenvalue weighted by atomic mass is 19.3. The van der Waals surface area contributed by atoms with E-state index in [1.165, 1.54) is 6.20 Å². The highest BCUT2D eigenvalue weighted by Gasteiger charge is 2.22. The van der Waals surface area contributed by atoms with Crippen LogP contribution >= 0.6 is 0 Å². The summed E-state index contributed by atoms with van der Waals surface area (Å²) in [5, 5.41) is 6.57. The Morgan fingerprint density at radius 3 is 2.33 bits per heavy atom. The van der Waals surface area contributed by atoms with E-state index in [1.54, 1.807) is 6.92 Å². The van der Waals surface area contributed by atoms with E-state index in [-0.39, 0.29) is 17.8 Å². The third kappa shape index (κ3) is 3.05. The molecule has 2 aromatic rings. The molecule has 1 aromatic heterocycles. The van der Waals surface area contributed by atoms with E-state index in [0.717, 1.165) is 0 Å². The second-order valence-electron chi connectivity index (χ2n) is 4.27. The summed E-state index contributed by atoms with van der Waals surface area (Å²) in [6, 6.07) is 1.24. The van der Waals surface area contributed by atoms with E-state index in [9.17, 15) is 22.0 Å². The first-order chi connectivity index (χ1) is 9.95. The summed E-state index contributed by atoms with van der Waals surface area (Å²) in [7, 11) is 0. The molecular formula is C13H12F5N3. The van der Waals surface area contributed by atoms with Gasteiger partial charge in [0.15, 0.2) is 17.5 Å². The van der Waals surface area contributed by atoms with Gasteiger partial charge in [-0.3, -0.25) is 0 Å². The summed E-state index contributed by atoms with van der Waals surface area (Å²) < 4.78 is 66.4. The number of halogens is 5. The van der Waals surface area contributed by atoms with Gasteiger partial charge < -0.3 is 5.32 Å². The zero-order chi connectivity index (χ0) is 15.6. The molecule has 3 nitrogen and oxygen atoms in total. The zero-order valence-electron chi connectivity index (χ0n) is 11.0. The van der Waals surface area contributed by atoms with Crippen molar-refractivity contribution in [3.8, 4) is 5.69 Å². The number of hydrogen-bond acceptors (Lipinski definition) is 2. The SMILES string of the molecule is CCNCc1cnn(-c2cc(F)c(F)c(F)c2)c1C(F)F. The molecule has 2 rings (SSSR count). The van der Waals surface area contributed by atoms with Crippen LogP contribution in [0.3, 0.4) is 0 Å². The molecule has 1 heterocycles. The number of alkyl halides is 2. The molecule has 0 atom stereocenters. The number of rotatable bonds is 5. The summed E-state index contributed by atoms with van der Waals surface area (Å²) in [5.74, 6) is -4.58. The average Bonchev–Trinajstić information content (AvgIpc) is 2.85. The molecule has 0 aliphatic heterocycles. The summed E-state index contributed by atoms with van der Waals surface area (Å²) >= 11 is 0. The van der Waals surface area contributed by atoms with Gasteiger partial charge in [-0.1, -0.05) is 6.92 Å². The minimum absolute atomic E-state index is 0.141. The predicted octanol–water partition coefficient (Wildman–Crippen LogP) is 3.34. The zero-order valence-corrected chi connectivity index (χ0v) is 11.0. The van der Waals surface area contributed by atoms with Gasteiger partial charge in [-0.15, -0.1) is 0 Å². The molecule has 0 amide bonds. The maximum absolute atomic E-state index is 13.2. The molecule has 0 saturated heterocycles. The summed E-state index contributed by atoms with van der Waals surface area (Å²) in [5.41, 5.74) is -0.581. The lowest BCUT2D eigenvalue weighted by Gasteiger charge is -2.10. The standard InChI is InChI=1S/C13H12F5N3/c1-2-19-5-7-6-20-21(12(7)13(17)18)8-3-9(14)11(16)10(15)4-8/h3-4,6,13,19H,2,5H2,1H3. The van der Waals surface area contributed by atoms with E-state index in [4.69, 9.17) is 0 Å². The Labute approximate surface area is 117 Å². The van der Waals surface area contributed by atoms with E-state index in [0.29, 0.717) is 23.4 Å². The molecule has 1 N–H and O–H groups in total. The summed E-state index contributed by atoms with van der Waals surface area (Å²) in [6.07, 6.45) is -1.71. The molecule has 0 saturated carbocycles. The number of nitrogens with zero attached hydrogens (tertiary/aromatic N) is 2. The van der Waals surface area contributed by atoms with Crippen molar-refractivity contribution in [1.29, 1.82) is 0 Å². The second kappa shape index (κ2) is 6.21. The van der Waals surface area contributed by atoms with Crippen LogP contribution in [-0.2, 0) is 6.54 Å². The van der Waals surface area contributed by atoms with Crippen molar-refractivity contribution in [2.75, 3.05) is 6.54 Å². The van der Waals surface area contributed by atoms with Crippen molar-refractivity contribution >= 4 is 0 Å². The van der Waals surface area contributed by atoms with Crippen LogP contribution in [-0.4, -0.2) is 16.3 Å². The lowest BCUT2D eigenvalue weighted by molar-refractivity contribution is 0.141. The third-order valence-corrected chi connectivity index (χ3v) is 2.87. The Bertz CT molecular complexity index is 616. The highest BCUT2D eigenvalue weighted by molar-refractivity contribution is 5.37. The molecule has 0 spiro atoms. The van der Waals surface area contributed by atoms with E-state index in [1.807, 2.05) is 0 Å². The van der Waals surface area contributed by atoms with Crippen LogP contribution in [0.2, 0.25) is 0 Å². The molecule has 0 bridgehead atoms. The Balaban J connectivity index is 2.51. The maximum Gasteiger partial charge on any atom is 0.280 e. The van der Waals surface area contributed by atoms with Crippen molar-refractivity contribution in [2.24, 2.45) is 0 Å². The number of benzene rings is 1. The van der Waals surface area contributed by atoms with Crippen LogP contribution in [0.5, 0.6) is 0 Å². The Morgan fingerprint density at radius 2 is 1.81 bits per heavy atom. The Kier molecular flexibility index (Phi) is 4.56.